The van der Waals surface area contributed by atoms with Crippen LogP contribution in [0.3, 0.4) is 0 Å². The Balaban J connectivity index is 1.56. The normalized spacial score (nSPS) is 10.8. The zero-order valence-corrected chi connectivity index (χ0v) is 18.3. The Labute approximate surface area is 182 Å². The highest BCUT2D eigenvalue weighted by Crippen LogP contribution is 2.31. The van der Waals surface area contributed by atoms with E-state index in [1.54, 1.807) is 13.3 Å². The first-order chi connectivity index (χ1) is 14.5. The maximum atomic E-state index is 11.3. The summed E-state index contributed by atoms with van der Waals surface area (Å²) in [5, 5.41) is 3.32. The van der Waals surface area contributed by atoms with Crippen LogP contribution in [0.1, 0.15) is 6.92 Å². The molecule has 1 N–H and O–H groups in total. The molecule has 0 bridgehead atoms. The van der Waals surface area contributed by atoms with Crippen molar-refractivity contribution in [3.63, 3.8) is 0 Å². The van der Waals surface area contributed by atoms with Crippen molar-refractivity contribution in [3.05, 3.63) is 54.7 Å². The molecule has 0 aliphatic heterocycles. The molecular formula is C21H19N5O2S2. The van der Waals surface area contributed by atoms with Gasteiger partial charge in [0.15, 0.2) is 5.13 Å². The first-order valence-corrected chi connectivity index (χ1v) is 10.7. The van der Waals surface area contributed by atoms with Crippen LogP contribution < -0.4 is 14.4 Å². The third-order valence-corrected chi connectivity index (χ3v) is 6.05. The zero-order valence-electron chi connectivity index (χ0n) is 16.6. The topological polar surface area (TPSA) is 80.2 Å². The number of hydrogen-bond donors (Lipinski definition) is 1. The third-order valence-electron chi connectivity index (χ3n) is 4.19. The Morgan fingerprint density at radius 2 is 1.93 bits per heavy atom. The van der Waals surface area contributed by atoms with Crippen molar-refractivity contribution in [2.24, 2.45) is 0 Å². The second-order valence-corrected chi connectivity index (χ2v) is 8.62. The van der Waals surface area contributed by atoms with Crippen LogP contribution in [0.4, 0.5) is 11.1 Å². The second kappa shape index (κ2) is 8.68. The molecule has 4 rings (SSSR count). The number of aromatic nitrogens is 3. The highest BCUT2D eigenvalue weighted by molar-refractivity contribution is 8.00. The van der Waals surface area contributed by atoms with Crippen molar-refractivity contribution in [1.29, 1.82) is 0 Å². The Kier molecular flexibility index (Phi) is 5.82. The van der Waals surface area contributed by atoms with Crippen molar-refractivity contribution < 1.29 is 9.53 Å². The first-order valence-electron chi connectivity index (χ1n) is 9.09. The monoisotopic (exact) mass is 437 g/mol. The molecule has 4 aromatic rings. The number of fused-ring (bicyclic) bond motifs is 1. The maximum absolute atomic E-state index is 11.3. The third kappa shape index (κ3) is 4.52. The standard InChI is InChI=1S/C21H19N5O2S2/c1-13(27)23-21-25-18-9-4-14(12-19(18)29-21)17-10-11-22-20(24-17)26(2)30-16-7-5-15(28-3)6-8-16/h4-12H,1-3H3,(H,23,25,27). The molecule has 0 unspecified atom stereocenters. The van der Waals surface area contributed by atoms with Gasteiger partial charge in [-0.05, 0) is 54.4 Å². The lowest BCUT2D eigenvalue weighted by Gasteiger charge is -2.16. The van der Waals surface area contributed by atoms with Gasteiger partial charge in [0, 0.05) is 30.6 Å². The van der Waals surface area contributed by atoms with Crippen LogP contribution in [0.25, 0.3) is 21.5 Å². The molecular weight excluding hydrogens is 418 g/mol. The number of ether oxygens (including phenoxy) is 1. The molecule has 0 aliphatic carbocycles. The molecule has 7 nitrogen and oxygen atoms in total. The van der Waals surface area contributed by atoms with E-state index in [1.807, 2.05) is 59.9 Å². The second-order valence-electron chi connectivity index (χ2n) is 6.39. The number of thiazole rings is 1. The van der Waals surface area contributed by atoms with E-state index >= 15 is 0 Å². The summed E-state index contributed by atoms with van der Waals surface area (Å²) in [6.45, 7) is 1.47. The van der Waals surface area contributed by atoms with Crippen molar-refractivity contribution in [2.45, 2.75) is 11.8 Å². The Morgan fingerprint density at radius 1 is 1.13 bits per heavy atom. The van der Waals surface area contributed by atoms with Gasteiger partial charge in [0.05, 0.1) is 23.0 Å². The van der Waals surface area contributed by atoms with E-state index in [0.29, 0.717) is 11.1 Å². The van der Waals surface area contributed by atoms with Gasteiger partial charge in [-0.15, -0.1) is 0 Å². The first kappa shape index (κ1) is 20.1. The summed E-state index contributed by atoms with van der Waals surface area (Å²) in [5.41, 5.74) is 2.62. The minimum atomic E-state index is -0.132. The molecule has 9 heteroatoms. The van der Waals surface area contributed by atoms with E-state index in [9.17, 15) is 4.79 Å². The van der Waals surface area contributed by atoms with Gasteiger partial charge in [-0.1, -0.05) is 17.4 Å². The molecule has 0 saturated carbocycles. The molecule has 30 heavy (non-hydrogen) atoms. The Hall–Kier alpha value is -3.17. The van der Waals surface area contributed by atoms with Crippen LogP contribution in [0, 0.1) is 0 Å². The van der Waals surface area contributed by atoms with E-state index in [2.05, 4.69) is 15.3 Å². The SMILES string of the molecule is COc1ccc(SN(C)c2nccc(-c3ccc4nc(NC(C)=O)sc4c3)n2)cc1. The van der Waals surface area contributed by atoms with E-state index in [4.69, 9.17) is 9.72 Å². The Bertz CT molecular complexity index is 1190. The maximum Gasteiger partial charge on any atom is 0.236 e. The number of carbonyl (C=O) groups excluding carboxylic acids is 1. The van der Waals surface area contributed by atoms with E-state index in [0.717, 1.165) is 32.1 Å². The summed E-state index contributed by atoms with van der Waals surface area (Å²) in [7, 11) is 3.58. The highest BCUT2D eigenvalue weighted by atomic mass is 32.2. The van der Waals surface area contributed by atoms with Gasteiger partial charge in [-0.3, -0.25) is 9.10 Å². The van der Waals surface area contributed by atoms with E-state index < -0.39 is 0 Å². The number of methoxy groups -OCH3 is 1. The number of carbonyl (C=O) groups is 1. The van der Waals surface area contributed by atoms with Crippen molar-refractivity contribution >= 4 is 50.5 Å². The Morgan fingerprint density at radius 3 is 2.67 bits per heavy atom. The summed E-state index contributed by atoms with van der Waals surface area (Å²) in [6, 6.07) is 15.7. The van der Waals surface area contributed by atoms with Crippen LogP contribution in [0.5, 0.6) is 5.75 Å². The van der Waals surface area contributed by atoms with Gasteiger partial charge in [0.2, 0.25) is 11.9 Å². The molecule has 0 saturated heterocycles. The number of nitrogens with one attached hydrogen (secondary N) is 1. The summed E-state index contributed by atoms with van der Waals surface area (Å²) < 4.78 is 8.11. The summed E-state index contributed by atoms with van der Waals surface area (Å²) in [4.78, 5) is 25.9. The van der Waals surface area contributed by atoms with Gasteiger partial charge >= 0.3 is 0 Å². The molecule has 0 spiro atoms. The molecule has 0 radical (unpaired) electrons. The number of benzene rings is 2. The molecule has 2 aromatic carbocycles. The predicted octanol–water partition coefficient (Wildman–Crippen LogP) is 4.86. The molecule has 0 atom stereocenters. The fraction of sp³-hybridized carbons (Fsp3) is 0.143. The average molecular weight is 438 g/mol. The van der Waals surface area contributed by atoms with Gasteiger partial charge < -0.3 is 10.1 Å². The molecule has 152 valence electrons. The quantitative estimate of drug-likeness (QED) is 0.431. The summed E-state index contributed by atoms with van der Waals surface area (Å²) in [5.74, 6) is 1.30. The zero-order chi connectivity index (χ0) is 21.1. The molecule has 0 aliphatic rings. The van der Waals surface area contributed by atoms with Gasteiger partial charge in [-0.2, -0.15) is 0 Å². The number of amides is 1. The largest absolute Gasteiger partial charge is 0.497 e. The lowest BCUT2D eigenvalue weighted by molar-refractivity contribution is -0.114. The van der Waals surface area contributed by atoms with E-state index in [1.165, 1.54) is 30.2 Å². The predicted molar refractivity (Wildman–Crippen MR) is 122 cm³/mol. The van der Waals surface area contributed by atoms with Crippen LogP contribution in [-0.2, 0) is 4.79 Å². The number of rotatable bonds is 6. The minimum Gasteiger partial charge on any atom is -0.497 e. The fourth-order valence-corrected chi connectivity index (χ4v) is 4.48. The highest BCUT2D eigenvalue weighted by Gasteiger charge is 2.11. The van der Waals surface area contributed by atoms with E-state index in [-0.39, 0.29) is 5.91 Å². The van der Waals surface area contributed by atoms with Crippen molar-refractivity contribution in [2.75, 3.05) is 23.8 Å². The molecule has 1 amide bonds. The van der Waals surface area contributed by atoms with Gasteiger partial charge in [0.1, 0.15) is 5.75 Å². The van der Waals surface area contributed by atoms with Crippen LogP contribution >= 0.6 is 23.3 Å². The fourth-order valence-electron chi connectivity index (χ4n) is 2.78. The number of nitrogens with zero attached hydrogens (tertiary/aromatic N) is 4. The minimum absolute atomic E-state index is 0.132. The number of hydrogen-bond acceptors (Lipinski definition) is 8. The number of anilines is 2. The van der Waals surface area contributed by atoms with Crippen molar-refractivity contribution in [1.82, 2.24) is 15.0 Å². The van der Waals surface area contributed by atoms with Crippen LogP contribution in [0.15, 0.2) is 59.6 Å². The van der Waals surface area contributed by atoms with Gasteiger partial charge in [-0.25, -0.2) is 15.0 Å². The van der Waals surface area contributed by atoms with Crippen molar-refractivity contribution in [3.8, 4) is 17.0 Å². The molecule has 0 fully saturated rings. The van der Waals surface area contributed by atoms with Crippen LogP contribution in [-0.4, -0.2) is 35.0 Å². The van der Waals surface area contributed by atoms with Crippen LogP contribution in [0.2, 0.25) is 0 Å². The summed E-state index contributed by atoms with van der Waals surface area (Å²) >= 11 is 2.97. The lowest BCUT2D eigenvalue weighted by Crippen LogP contribution is -2.10. The summed E-state index contributed by atoms with van der Waals surface area (Å²) in [6.07, 6.45) is 1.75. The smallest absolute Gasteiger partial charge is 0.236 e. The van der Waals surface area contributed by atoms with Gasteiger partial charge in [0.25, 0.3) is 0 Å². The lowest BCUT2D eigenvalue weighted by atomic mass is 10.1. The molecule has 2 aromatic heterocycles. The molecule has 2 heterocycles. The average Bonchev–Trinajstić information content (AvgIpc) is 3.15.